The Morgan fingerprint density at radius 2 is 1.91 bits per heavy atom. The lowest BCUT2D eigenvalue weighted by atomic mass is 9.49. The summed E-state index contributed by atoms with van der Waals surface area (Å²) in [6.45, 7) is 13.2. The highest BCUT2D eigenvalue weighted by Gasteiger charge is 2.59. The molecule has 0 radical (unpaired) electrons. The summed E-state index contributed by atoms with van der Waals surface area (Å²) in [7, 11) is 0. The maximum atomic E-state index is 10.6. The standard InChI is InChI=1S/C20H32O3/c1-12-6-7-16-20(5,22-16)9-8-14-13(12)10-19(14,4)11-15(21)17-18(2,3)23-17/h13-17,21H,1,6-11H2,2-5H3/t13?,14-,15?,16-,17?,19+,20-/m1/s1. The van der Waals surface area contributed by atoms with Gasteiger partial charge < -0.3 is 14.6 Å². The molecule has 2 saturated carbocycles. The number of aliphatic hydroxyl groups is 1. The van der Waals surface area contributed by atoms with Gasteiger partial charge in [0, 0.05) is 0 Å². The molecule has 2 heterocycles. The zero-order valence-electron chi connectivity index (χ0n) is 15.1. The Bertz CT molecular complexity index is 527. The normalized spacial score (nSPS) is 52.1. The van der Waals surface area contributed by atoms with Crippen molar-refractivity contribution < 1.29 is 14.6 Å². The third-order valence-electron chi connectivity index (χ3n) is 7.39. The SMILES string of the molecule is C=C1CC[C@H]2O[C@]2(C)CC[C@@H]2C1C[C@@]2(C)CC(O)C1OC1(C)C. The van der Waals surface area contributed by atoms with Crippen molar-refractivity contribution in [3.05, 3.63) is 12.2 Å². The topological polar surface area (TPSA) is 45.3 Å². The molecule has 4 aliphatic rings. The number of fused-ring (bicyclic) bond motifs is 2. The Kier molecular flexibility index (Phi) is 3.38. The first kappa shape index (κ1) is 16.1. The highest BCUT2D eigenvalue weighted by atomic mass is 16.6. The zero-order valence-corrected chi connectivity index (χ0v) is 15.1. The number of rotatable bonds is 3. The van der Waals surface area contributed by atoms with Crippen LogP contribution in [0.1, 0.15) is 66.2 Å². The summed E-state index contributed by atoms with van der Waals surface area (Å²) in [6, 6.07) is 0. The third-order valence-corrected chi connectivity index (χ3v) is 7.39. The van der Waals surface area contributed by atoms with Crippen molar-refractivity contribution in [3.63, 3.8) is 0 Å². The molecule has 2 aliphatic heterocycles. The van der Waals surface area contributed by atoms with Crippen molar-refractivity contribution in [2.24, 2.45) is 17.3 Å². The van der Waals surface area contributed by atoms with Gasteiger partial charge in [-0.15, -0.1) is 0 Å². The number of hydrogen-bond acceptors (Lipinski definition) is 3. The van der Waals surface area contributed by atoms with Gasteiger partial charge in [-0.3, -0.25) is 0 Å². The largest absolute Gasteiger partial charge is 0.390 e. The fourth-order valence-corrected chi connectivity index (χ4v) is 5.57. The molecule has 0 bridgehead atoms. The number of hydrogen-bond donors (Lipinski definition) is 1. The van der Waals surface area contributed by atoms with Crippen molar-refractivity contribution in [1.29, 1.82) is 0 Å². The number of aliphatic hydroxyl groups excluding tert-OH is 1. The van der Waals surface area contributed by atoms with Crippen molar-refractivity contribution in [1.82, 2.24) is 0 Å². The van der Waals surface area contributed by atoms with E-state index in [2.05, 4.69) is 34.3 Å². The Hall–Kier alpha value is -0.380. The van der Waals surface area contributed by atoms with E-state index in [1.165, 1.54) is 18.4 Å². The first-order chi connectivity index (χ1) is 10.6. The lowest BCUT2D eigenvalue weighted by molar-refractivity contribution is -0.0599. The van der Waals surface area contributed by atoms with Gasteiger partial charge in [0.1, 0.15) is 6.10 Å². The van der Waals surface area contributed by atoms with Crippen LogP contribution in [0.5, 0.6) is 0 Å². The van der Waals surface area contributed by atoms with Crippen LogP contribution in [0.3, 0.4) is 0 Å². The first-order valence-electron chi connectivity index (χ1n) is 9.36. The second-order valence-corrected chi connectivity index (χ2v) is 9.64. The molecule has 1 N–H and O–H groups in total. The van der Waals surface area contributed by atoms with E-state index in [0.29, 0.717) is 17.9 Å². The molecule has 0 aromatic heterocycles. The fourth-order valence-electron chi connectivity index (χ4n) is 5.57. The van der Waals surface area contributed by atoms with Crippen LogP contribution in [0.25, 0.3) is 0 Å². The maximum Gasteiger partial charge on any atom is 0.113 e. The van der Waals surface area contributed by atoms with Crippen molar-refractivity contribution in [2.45, 2.75) is 95.7 Å². The monoisotopic (exact) mass is 320 g/mol. The third kappa shape index (κ3) is 2.60. The zero-order chi connectivity index (χ0) is 16.6. The molecule has 0 spiro atoms. The molecule has 130 valence electrons. The van der Waals surface area contributed by atoms with Crippen LogP contribution >= 0.6 is 0 Å². The quantitative estimate of drug-likeness (QED) is 0.635. The van der Waals surface area contributed by atoms with Crippen LogP contribution < -0.4 is 0 Å². The molecule has 3 heteroatoms. The first-order valence-corrected chi connectivity index (χ1v) is 9.36. The van der Waals surface area contributed by atoms with Gasteiger partial charge in [-0.05, 0) is 76.5 Å². The van der Waals surface area contributed by atoms with E-state index in [4.69, 9.17) is 9.47 Å². The van der Waals surface area contributed by atoms with Crippen LogP contribution in [-0.4, -0.2) is 34.6 Å². The Labute approximate surface area is 140 Å². The van der Waals surface area contributed by atoms with Crippen LogP contribution in [0.2, 0.25) is 0 Å². The molecule has 3 nitrogen and oxygen atoms in total. The summed E-state index contributed by atoms with van der Waals surface area (Å²) >= 11 is 0. The molecule has 2 saturated heterocycles. The average Bonchev–Trinajstić information content (AvgIpc) is 3.29. The highest BCUT2D eigenvalue weighted by molar-refractivity contribution is 5.18. The van der Waals surface area contributed by atoms with E-state index in [-0.39, 0.29) is 28.8 Å². The van der Waals surface area contributed by atoms with Gasteiger partial charge >= 0.3 is 0 Å². The van der Waals surface area contributed by atoms with Crippen molar-refractivity contribution in [2.75, 3.05) is 0 Å². The summed E-state index contributed by atoms with van der Waals surface area (Å²) < 4.78 is 11.6. The average molecular weight is 320 g/mol. The molecular formula is C20H32O3. The van der Waals surface area contributed by atoms with Gasteiger partial charge in [0.2, 0.25) is 0 Å². The number of allylic oxidation sites excluding steroid dienone is 1. The molecule has 23 heavy (non-hydrogen) atoms. The minimum absolute atomic E-state index is 0.0200. The molecule has 7 atom stereocenters. The van der Waals surface area contributed by atoms with Crippen molar-refractivity contribution >= 4 is 0 Å². The predicted molar refractivity (Wildman–Crippen MR) is 90.2 cm³/mol. The van der Waals surface area contributed by atoms with E-state index >= 15 is 0 Å². The highest BCUT2D eigenvalue weighted by Crippen LogP contribution is 2.61. The lowest BCUT2D eigenvalue weighted by Crippen LogP contribution is -2.49. The Balaban J connectivity index is 1.45. The second kappa shape index (κ2) is 4.83. The molecule has 0 aromatic rings. The van der Waals surface area contributed by atoms with Crippen LogP contribution in [-0.2, 0) is 9.47 Å². The summed E-state index contributed by atoms with van der Waals surface area (Å²) in [5, 5.41) is 10.6. The van der Waals surface area contributed by atoms with Crippen molar-refractivity contribution in [3.8, 4) is 0 Å². The fraction of sp³-hybridized carbons (Fsp3) is 0.900. The Morgan fingerprint density at radius 1 is 1.22 bits per heavy atom. The predicted octanol–water partition coefficient (Wildman–Crippen LogP) is 3.84. The molecule has 2 aliphatic carbocycles. The lowest BCUT2D eigenvalue weighted by Gasteiger charge is -2.55. The van der Waals surface area contributed by atoms with Gasteiger partial charge in [-0.2, -0.15) is 0 Å². The molecule has 3 unspecified atom stereocenters. The van der Waals surface area contributed by atoms with Gasteiger partial charge in [-0.25, -0.2) is 0 Å². The number of ether oxygens (including phenoxy) is 2. The van der Waals surface area contributed by atoms with Gasteiger partial charge in [0.25, 0.3) is 0 Å². The van der Waals surface area contributed by atoms with Crippen LogP contribution in [0.4, 0.5) is 0 Å². The van der Waals surface area contributed by atoms with E-state index < -0.39 is 0 Å². The number of epoxide rings is 2. The van der Waals surface area contributed by atoms with Gasteiger partial charge in [-0.1, -0.05) is 19.1 Å². The maximum absolute atomic E-state index is 10.6. The van der Waals surface area contributed by atoms with E-state index in [9.17, 15) is 5.11 Å². The van der Waals surface area contributed by atoms with E-state index in [1.54, 1.807) is 0 Å². The summed E-state index contributed by atoms with van der Waals surface area (Å²) in [5.41, 5.74) is 1.62. The molecule has 4 rings (SSSR count). The molecule has 0 amide bonds. The Morgan fingerprint density at radius 3 is 2.57 bits per heavy atom. The summed E-state index contributed by atoms with van der Waals surface area (Å²) in [5.74, 6) is 1.30. The minimum atomic E-state index is -0.336. The molecule has 0 aromatic carbocycles. The van der Waals surface area contributed by atoms with Crippen LogP contribution in [0.15, 0.2) is 12.2 Å². The summed E-state index contributed by atoms with van der Waals surface area (Å²) in [4.78, 5) is 0. The van der Waals surface area contributed by atoms with Crippen LogP contribution in [0, 0.1) is 17.3 Å². The van der Waals surface area contributed by atoms with Gasteiger partial charge in [0.05, 0.1) is 23.4 Å². The molecule has 4 fully saturated rings. The van der Waals surface area contributed by atoms with Gasteiger partial charge in [0.15, 0.2) is 0 Å². The minimum Gasteiger partial charge on any atom is -0.390 e. The van der Waals surface area contributed by atoms with E-state index in [0.717, 1.165) is 25.7 Å². The summed E-state index contributed by atoms with van der Waals surface area (Å²) in [6.07, 6.45) is 6.79. The smallest absolute Gasteiger partial charge is 0.113 e. The van der Waals surface area contributed by atoms with E-state index in [1.807, 2.05) is 0 Å². The second-order valence-electron chi connectivity index (χ2n) is 9.64. The molecular weight excluding hydrogens is 288 g/mol.